The maximum absolute atomic E-state index is 11.8. The van der Waals surface area contributed by atoms with E-state index >= 15 is 0 Å². The Morgan fingerprint density at radius 2 is 2.40 bits per heavy atom. The lowest BCUT2D eigenvalue weighted by molar-refractivity contribution is -0.141. The Balaban J connectivity index is 2.17. The zero-order valence-corrected chi connectivity index (χ0v) is 8.01. The Morgan fingerprint density at radius 3 is 3.00 bits per heavy atom. The average Bonchev–Trinajstić information content (AvgIpc) is 2.88. The minimum absolute atomic E-state index is 0.294. The number of aromatic nitrogens is 2. The van der Waals surface area contributed by atoms with Crippen LogP contribution < -0.4 is 0 Å². The predicted octanol–water partition coefficient (Wildman–Crippen LogP) is 0.0989. The zero-order valence-electron chi connectivity index (χ0n) is 8.01. The molecule has 0 spiro atoms. The lowest BCUT2D eigenvalue weighted by atomic mass is 10.2. The van der Waals surface area contributed by atoms with Crippen molar-refractivity contribution in [3.63, 3.8) is 0 Å². The minimum atomic E-state index is -0.944. The van der Waals surface area contributed by atoms with Gasteiger partial charge in [0.15, 0.2) is 0 Å². The molecular formula is C9H11N3O3. The summed E-state index contributed by atoms with van der Waals surface area (Å²) in [6, 6.07) is -0.694. The first-order chi connectivity index (χ1) is 7.20. The first-order valence-corrected chi connectivity index (χ1v) is 4.72. The number of amides is 1. The van der Waals surface area contributed by atoms with E-state index in [2.05, 4.69) is 9.97 Å². The summed E-state index contributed by atoms with van der Waals surface area (Å²) in [7, 11) is 0. The maximum atomic E-state index is 11.8. The Bertz CT molecular complexity index is 374. The number of aliphatic carboxylic acids is 1. The Kier molecular flexibility index (Phi) is 2.40. The van der Waals surface area contributed by atoms with Gasteiger partial charge in [-0.05, 0) is 12.8 Å². The third kappa shape index (κ3) is 1.70. The fourth-order valence-electron chi connectivity index (χ4n) is 1.79. The van der Waals surface area contributed by atoms with E-state index in [-0.39, 0.29) is 5.91 Å². The number of likely N-dealkylation sites (tertiary alicyclic amines) is 1. The van der Waals surface area contributed by atoms with Gasteiger partial charge in [-0.15, -0.1) is 0 Å². The molecule has 1 aromatic heterocycles. The van der Waals surface area contributed by atoms with Gasteiger partial charge in [0.05, 0.1) is 12.5 Å². The normalized spacial score (nSPS) is 20.5. The molecule has 15 heavy (non-hydrogen) atoms. The first kappa shape index (κ1) is 9.70. The molecule has 0 saturated carbocycles. The maximum Gasteiger partial charge on any atom is 0.326 e. The standard InChI is InChI=1S/C9H11N3O3/c13-8(6-4-10-5-11-6)12-3-1-2-7(12)9(14)15/h4-5,7H,1-3H2,(H,10,11)(H,14,15)/t7-/m1/s1. The molecule has 1 aliphatic heterocycles. The van der Waals surface area contributed by atoms with E-state index in [4.69, 9.17) is 5.11 Å². The summed E-state index contributed by atoms with van der Waals surface area (Å²) in [5.74, 6) is -1.24. The van der Waals surface area contributed by atoms with Crippen molar-refractivity contribution < 1.29 is 14.7 Å². The third-order valence-corrected chi connectivity index (χ3v) is 2.53. The van der Waals surface area contributed by atoms with E-state index < -0.39 is 12.0 Å². The second-order valence-electron chi connectivity index (χ2n) is 3.46. The van der Waals surface area contributed by atoms with Crippen molar-refractivity contribution >= 4 is 11.9 Å². The van der Waals surface area contributed by atoms with Gasteiger partial charge in [0, 0.05) is 6.54 Å². The molecule has 0 radical (unpaired) electrons. The largest absolute Gasteiger partial charge is 0.480 e. The summed E-state index contributed by atoms with van der Waals surface area (Å²) in [5.41, 5.74) is 0.336. The second-order valence-corrected chi connectivity index (χ2v) is 3.46. The molecular weight excluding hydrogens is 198 g/mol. The monoisotopic (exact) mass is 209 g/mol. The lowest BCUT2D eigenvalue weighted by Crippen LogP contribution is -2.40. The van der Waals surface area contributed by atoms with Gasteiger partial charge in [0.25, 0.3) is 5.91 Å². The number of carbonyl (C=O) groups is 2. The van der Waals surface area contributed by atoms with Crippen molar-refractivity contribution in [2.24, 2.45) is 0 Å². The smallest absolute Gasteiger partial charge is 0.326 e. The number of hydrogen-bond donors (Lipinski definition) is 2. The zero-order chi connectivity index (χ0) is 10.8. The number of H-pyrrole nitrogens is 1. The second kappa shape index (κ2) is 3.72. The average molecular weight is 209 g/mol. The molecule has 0 aliphatic carbocycles. The van der Waals surface area contributed by atoms with Gasteiger partial charge in [0.2, 0.25) is 0 Å². The number of nitrogens with one attached hydrogen (secondary N) is 1. The number of nitrogens with zero attached hydrogens (tertiary/aromatic N) is 2. The van der Waals surface area contributed by atoms with E-state index in [0.29, 0.717) is 18.7 Å². The van der Waals surface area contributed by atoms with Gasteiger partial charge in [0.1, 0.15) is 11.7 Å². The third-order valence-electron chi connectivity index (χ3n) is 2.53. The lowest BCUT2D eigenvalue weighted by Gasteiger charge is -2.20. The van der Waals surface area contributed by atoms with Crippen LogP contribution in [0.25, 0.3) is 0 Å². The number of carbonyl (C=O) groups excluding carboxylic acids is 1. The van der Waals surface area contributed by atoms with Crippen LogP contribution in [0.4, 0.5) is 0 Å². The molecule has 2 rings (SSSR count). The SMILES string of the molecule is O=C(O)[C@H]1CCCN1C(=O)c1cnc[nH]1. The first-order valence-electron chi connectivity index (χ1n) is 4.72. The number of rotatable bonds is 2. The Labute approximate surface area is 85.9 Å². The number of carboxylic acids is 1. The fourth-order valence-corrected chi connectivity index (χ4v) is 1.79. The van der Waals surface area contributed by atoms with Crippen molar-refractivity contribution in [1.29, 1.82) is 0 Å². The summed E-state index contributed by atoms with van der Waals surface area (Å²) in [6.07, 6.45) is 4.06. The molecule has 0 bridgehead atoms. The van der Waals surface area contributed by atoms with Crippen LogP contribution in [0.3, 0.4) is 0 Å². The quantitative estimate of drug-likeness (QED) is 0.723. The molecule has 1 fully saturated rings. The van der Waals surface area contributed by atoms with Crippen molar-refractivity contribution in [2.75, 3.05) is 6.54 Å². The fraction of sp³-hybridized carbons (Fsp3) is 0.444. The predicted molar refractivity (Wildman–Crippen MR) is 50.3 cm³/mol. The van der Waals surface area contributed by atoms with Crippen molar-refractivity contribution in [1.82, 2.24) is 14.9 Å². The molecule has 2 N–H and O–H groups in total. The topological polar surface area (TPSA) is 86.3 Å². The molecule has 80 valence electrons. The molecule has 1 amide bonds. The van der Waals surface area contributed by atoms with E-state index in [9.17, 15) is 9.59 Å². The minimum Gasteiger partial charge on any atom is -0.480 e. The van der Waals surface area contributed by atoms with E-state index in [1.54, 1.807) is 0 Å². The number of carboxylic acid groups (broad SMARTS) is 1. The highest BCUT2D eigenvalue weighted by molar-refractivity contribution is 5.95. The molecule has 1 atom stereocenters. The van der Waals surface area contributed by atoms with Crippen molar-refractivity contribution in [3.8, 4) is 0 Å². The number of hydrogen-bond acceptors (Lipinski definition) is 3. The van der Waals surface area contributed by atoms with Gasteiger partial charge in [-0.25, -0.2) is 9.78 Å². The molecule has 6 heteroatoms. The summed E-state index contributed by atoms with van der Waals surface area (Å²) in [6.45, 7) is 0.495. The van der Waals surface area contributed by atoms with Gasteiger partial charge in [-0.3, -0.25) is 4.79 Å². The molecule has 6 nitrogen and oxygen atoms in total. The van der Waals surface area contributed by atoms with Crippen LogP contribution in [-0.4, -0.2) is 44.4 Å². The molecule has 0 aromatic carbocycles. The van der Waals surface area contributed by atoms with Crippen molar-refractivity contribution in [2.45, 2.75) is 18.9 Å². The van der Waals surface area contributed by atoms with Crippen LogP contribution in [0.2, 0.25) is 0 Å². The van der Waals surface area contributed by atoms with Crippen LogP contribution in [0.15, 0.2) is 12.5 Å². The van der Waals surface area contributed by atoms with Gasteiger partial charge >= 0.3 is 5.97 Å². The number of aromatic amines is 1. The van der Waals surface area contributed by atoms with Crippen LogP contribution in [0.5, 0.6) is 0 Å². The van der Waals surface area contributed by atoms with Gasteiger partial charge in [-0.2, -0.15) is 0 Å². The van der Waals surface area contributed by atoms with Crippen LogP contribution in [0.1, 0.15) is 23.3 Å². The van der Waals surface area contributed by atoms with E-state index in [1.807, 2.05) is 0 Å². The van der Waals surface area contributed by atoms with Crippen LogP contribution >= 0.6 is 0 Å². The Hall–Kier alpha value is -1.85. The molecule has 0 unspecified atom stereocenters. The summed E-state index contributed by atoms with van der Waals surface area (Å²) < 4.78 is 0. The Morgan fingerprint density at radius 1 is 1.60 bits per heavy atom. The highest BCUT2D eigenvalue weighted by Crippen LogP contribution is 2.19. The summed E-state index contributed by atoms with van der Waals surface area (Å²) in [4.78, 5) is 30.5. The van der Waals surface area contributed by atoms with Crippen LogP contribution in [-0.2, 0) is 4.79 Å². The summed E-state index contributed by atoms with van der Waals surface area (Å²) >= 11 is 0. The van der Waals surface area contributed by atoms with Crippen LogP contribution in [0, 0.1) is 0 Å². The number of imidazole rings is 1. The van der Waals surface area contributed by atoms with E-state index in [1.165, 1.54) is 17.4 Å². The van der Waals surface area contributed by atoms with Crippen molar-refractivity contribution in [3.05, 3.63) is 18.2 Å². The van der Waals surface area contributed by atoms with Gasteiger partial charge in [-0.1, -0.05) is 0 Å². The molecule has 1 aromatic rings. The highest BCUT2D eigenvalue weighted by atomic mass is 16.4. The van der Waals surface area contributed by atoms with Gasteiger partial charge < -0.3 is 15.0 Å². The molecule has 1 aliphatic rings. The molecule has 2 heterocycles. The summed E-state index contributed by atoms with van der Waals surface area (Å²) in [5, 5.41) is 8.91. The van der Waals surface area contributed by atoms with E-state index in [0.717, 1.165) is 6.42 Å². The molecule has 1 saturated heterocycles. The highest BCUT2D eigenvalue weighted by Gasteiger charge is 2.34.